The van der Waals surface area contributed by atoms with Gasteiger partial charge in [0.2, 0.25) is 5.91 Å². The molecule has 1 amide bonds. The summed E-state index contributed by atoms with van der Waals surface area (Å²) in [6.07, 6.45) is -0.897. The molecule has 0 atom stereocenters. The van der Waals surface area contributed by atoms with Gasteiger partial charge in [-0.15, -0.1) is 0 Å². The van der Waals surface area contributed by atoms with E-state index in [2.05, 4.69) is 5.32 Å². The van der Waals surface area contributed by atoms with Crippen LogP contribution in [0.3, 0.4) is 0 Å². The van der Waals surface area contributed by atoms with Gasteiger partial charge in [0.15, 0.2) is 0 Å². The Hall–Kier alpha value is -1.40. The third-order valence-electron chi connectivity index (χ3n) is 5.48. The van der Waals surface area contributed by atoms with Gasteiger partial charge in [-0.05, 0) is 31.0 Å². The Labute approximate surface area is 185 Å². The molecule has 2 heterocycles. The van der Waals surface area contributed by atoms with Crippen molar-refractivity contribution in [2.75, 3.05) is 51.1 Å². The van der Waals surface area contributed by atoms with E-state index in [1.165, 1.54) is 14.7 Å². The summed E-state index contributed by atoms with van der Waals surface area (Å²) < 4.78 is 68.2. The number of carbonyl (C=O) groups excluding carboxylic acids is 1. The van der Waals surface area contributed by atoms with Crippen LogP contribution in [0.2, 0.25) is 5.02 Å². The van der Waals surface area contributed by atoms with Crippen molar-refractivity contribution in [2.24, 2.45) is 0 Å². The SMILES string of the molecule is O=C(CN1CCN(S(=O)(=O)N2CCCCCC2)CC1)Nc1ccc(Cl)cc1C(F)(F)F. The van der Waals surface area contributed by atoms with E-state index in [4.69, 9.17) is 11.6 Å². The zero-order chi connectivity index (χ0) is 22.6. The molecule has 0 aromatic heterocycles. The molecule has 12 heteroatoms. The highest BCUT2D eigenvalue weighted by Crippen LogP contribution is 2.36. The van der Waals surface area contributed by atoms with Crippen LogP contribution in [0.15, 0.2) is 18.2 Å². The van der Waals surface area contributed by atoms with Crippen LogP contribution in [0.1, 0.15) is 31.2 Å². The van der Waals surface area contributed by atoms with Crippen molar-refractivity contribution in [3.05, 3.63) is 28.8 Å². The first kappa shape index (κ1) is 24.2. The lowest BCUT2D eigenvalue weighted by Gasteiger charge is -2.36. The van der Waals surface area contributed by atoms with Crippen LogP contribution in [-0.2, 0) is 21.2 Å². The van der Waals surface area contributed by atoms with Gasteiger partial charge in [0.1, 0.15) is 0 Å². The number of anilines is 1. The Balaban J connectivity index is 1.55. The van der Waals surface area contributed by atoms with Crippen molar-refractivity contribution in [1.29, 1.82) is 0 Å². The second-order valence-corrected chi connectivity index (χ2v) is 10.1. The number of alkyl halides is 3. The minimum Gasteiger partial charge on any atom is -0.324 e. The first-order valence-corrected chi connectivity index (χ1v) is 12.0. The predicted octanol–water partition coefficient (Wildman–Crippen LogP) is 3.04. The molecule has 1 N–H and O–H groups in total. The van der Waals surface area contributed by atoms with Gasteiger partial charge in [-0.25, -0.2) is 0 Å². The largest absolute Gasteiger partial charge is 0.418 e. The van der Waals surface area contributed by atoms with Crippen molar-refractivity contribution >= 4 is 33.4 Å². The molecular weight excluding hydrogens is 457 g/mol. The smallest absolute Gasteiger partial charge is 0.324 e. The minimum absolute atomic E-state index is 0.0768. The molecule has 174 valence electrons. The molecule has 7 nitrogen and oxygen atoms in total. The number of rotatable bonds is 5. The summed E-state index contributed by atoms with van der Waals surface area (Å²) in [4.78, 5) is 14.0. The fourth-order valence-corrected chi connectivity index (χ4v) is 5.65. The molecule has 0 spiro atoms. The topological polar surface area (TPSA) is 73.0 Å². The Bertz CT molecular complexity index is 882. The number of benzene rings is 1. The number of carbonyl (C=O) groups is 1. The summed E-state index contributed by atoms with van der Waals surface area (Å²) in [6, 6.07) is 3.16. The van der Waals surface area contributed by atoms with Crippen LogP contribution in [0.25, 0.3) is 0 Å². The lowest BCUT2D eigenvalue weighted by Crippen LogP contribution is -2.54. The molecule has 1 aromatic carbocycles. The van der Waals surface area contributed by atoms with Crippen molar-refractivity contribution in [2.45, 2.75) is 31.9 Å². The van der Waals surface area contributed by atoms with Crippen LogP contribution in [0, 0.1) is 0 Å². The first-order valence-electron chi connectivity index (χ1n) is 10.2. The number of nitrogens with one attached hydrogen (secondary N) is 1. The standard InChI is InChI=1S/C19H26ClF3N4O3S/c20-15-5-6-17(16(13-15)19(21,22)23)24-18(28)14-25-9-11-27(12-10-25)31(29,30)26-7-3-1-2-4-8-26/h5-6,13H,1-4,7-12,14H2,(H,24,28). The lowest BCUT2D eigenvalue weighted by atomic mass is 10.1. The molecule has 0 radical (unpaired) electrons. The number of amides is 1. The van der Waals surface area contributed by atoms with Crippen LogP contribution in [0.4, 0.5) is 18.9 Å². The number of hydrogen-bond donors (Lipinski definition) is 1. The summed E-state index contributed by atoms with van der Waals surface area (Å²) in [5.41, 5.74) is -1.37. The van der Waals surface area contributed by atoms with Gasteiger partial charge in [-0.1, -0.05) is 24.4 Å². The summed E-state index contributed by atoms with van der Waals surface area (Å²) >= 11 is 5.65. The maximum absolute atomic E-state index is 13.2. The number of hydrogen-bond acceptors (Lipinski definition) is 4. The zero-order valence-electron chi connectivity index (χ0n) is 17.0. The minimum atomic E-state index is -4.65. The second-order valence-electron chi connectivity index (χ2n) is 7.73. The van der Waals surface area contributed by atoms with Gasteiger partial charge in [0.25, 0.3) is 10.2 Å². The molecule has 0 saturated carbocycles. The van der Waals surface area contributed by atoms with Crippen LogP contribution in [0.5, 0.6) is 0 Å². The van der Waals surface area contributed by atoms with Gasteiger partial charge in [0, 0.05) is 44.3 Å². The van der Waals surface area contributed by atoms with E-state index in [1.54, 1.807) is 4.90 Å². The highest BCUT2D eigenvalue weighted by molar-refractivity contribution is 7.86. The number of piperazine rings is 1. The molecule has 3 rings (SSSR count). The quantitative estimate of drug-likeness (QED) is 0.700. The van der Waals surface area contributed by atoms with Crippen LogP contribution < -0.4 is 5.32 Å². The maximum Gasteiger partial charge on any atom is 0.418 e. The van der Waals surface area contributed by atoms with E-state index < -0.39 is 27.9 Å². The third kappa shape index (κ3) is 6.32. The highest BCUT2D eigenvalue weighted by Gasteiger charge is 2.35. The van der Waals surface area contributed by atoms with Crippen molar-refractivity contribution < 1.29 is 26.4 Å². The Morgan fingerprint density at radius 3 is 2.13 bits per heavy atom. The molecule has 2 aliphatic heterocycles. The van der Waals surface area contributed by atoms with Crippen molar-refractivity contribution in [3.63, 3.8) is 0 Å². The molecule has 31 heavy (non-hydrogen) atoms. The number of halogens is 4. The summed E-state index contributed by atoms with van der Waals surface area (Å²) in [5, 5.41) is 2.22. The zero-order valence-corrected chi connectivity index (χ0v) is 18.6. The van der Waals surface area contributed by atoms with E-state index in [-0.39, 0.29) is 30.3 Å². The molecule has 0 aliphatic carbocycles. The summed E-state index contributed by atoms with van der Waals surface area (Å²) in [7, 11) is -3.53. The number of nitrogens with zero attached hydrogens (tertiary/aromatic N) is 3. The predicted molar refractivity (Wildman–Crippen MR) is 112 cm³/mol. The van der Waals surface area contributed by atoms with E-state index in [9.17, 15) is 26.4 Å². The van der Waals surface area contributed by atoms with Crippen molar-refractivity contribution in [3.8, 4) is 0 Å². The maximum atomic E-state index is 13.2. The molecule has 1 aromatic rings. The molecule has 2 aliphatic rings. The Morgan fingerprint density at radius 2 is 1.55 bits per heavy atom. The highest BCUT2D eigenvalue weighted by atomic mass is 35.5. The van der Waals surface area contributed by atoms with Gasteiger partial charge in [0.05, 0.1) is 17.8 Å². The normalized spacial score (nSPS) is 20.4. The van der Waals surface area contributed by atoms with Crippen molar-refractivity contribution in [1.82, 2.24) is 13.5 Å². The summed E-state index contributed by atoms with van der Waals surface area (Å²) in [6.45, 7) is 2.04. The van der Waals surface area contributed by atoms with E-state index >= 15 is 0 Å². The monoisotopic (exact) mass is 482 g/mol. The molecule has 2 fully saturated rings. The summed E-state index contributed by atoms with van der Waals surface area (Å²) in [5.74, 6) is -0.600. The van der Waals surface area contributed by atoms with E-state index in [0.29, 0.717) is 26.2 Å². The van der Waals surface area contributed by atoms with Gasteiger partial charge in [-0.2, -0.15) is 30.2 Å². The van der Waals surface area contributed by atoms with Gasteiger partial charge < -0.3 is 5.32 Å². The van der Waals surface area contributed by atoms with E-state index in [1.807, 2.05) is 0 Å². The van der Waals surface area contributed by atoms with Crippen LogP contribution in [-0.4, -0.2) is 73.6 Å². The fraction of sp³-hybridized carbons (Fsp3) is 0.632. The van der Waals surface area contributed by atoms with Gasteiger partial charge >= 0.3 is 6.18 Å². The Kier molecular flexibility index (Phi) is 7.85. The molecule has 0 unspecified atom stereocenters. The lowest BCUT2D eigenvalue weighted by molar-refractivity contribution is -0.137. The molecule has 2 saturated heterocycles. The average Bonchev–Trinajstić information content (AvgIpc) is 2.99. The average molecular weight is 483 g/mol. The van der Waals surface area contributed by atoms with E-state index in [0.717, 1.165) is 37.8 Å². The second kappa shape index (κ2) is 10.0. The molecule has 0 bridgehead atoms. The Morgan fingerprint density at radius 1 is 0.968 bits per heavy atom. The molecular formula is C19H26ClF3N4O3S. The third-order valence-corrected chi connectivity index (χ3v) is 7.75. The van der Waals surface area contributed by atoms with Gasteiger partial charge in [-0.3, -0.25) is 9.69 Å². The first-order chi connectivity index (χ1) is 14.6. The van der Waals surface area contributed by atoms with Crippen LogP contribution >= 0.6 is 11.6 Å². The fourth-order valence-electron chi connectivity index (χ4n) is 3.81.